The Bertz CT molecular complexity index is 674. The van der Waals surface area contributed by atoms with Crippen molar-refractivity contribution >= 4 is 17.2 Å². The van der Waals surface area contributed by atoms with Gasteiger partial charge in [0.05, 0.1) is 11.5 Å². The van der Waals surface area contributed by atoms with Gasteiger partial charge in [-0.3, -0.25) is 4.79 Å². The number of methoxy groups -OCH3 is 1. The Morgan fingerprint density at radius 1 is 1.24 bits per heavy atom. The number of hydrogen-bond donors (Lipinski definition) is 1. The molecule has 2 aromatic heterocycles. The van der Waals surface area contributed by atoms with Crippen molar-refractivity contribution in [3.05, 3.63) is 45.3 Å². The van der Waals surface area contributed by atoms with Gasteiger partial charge in [0.1, 0.15) is 6.61 Å². The molecule has 134 valence electrons. The second-order valence-electron chi connectivity index (χ2n) is 6.15. The highest BCUT2D eigenvalue weighted by Gasteiger charge is 2.16. The van der Waals surface area contributed by atoms with Crippen LogP contribution in [0.2, 0.25) is 0 Å². The van der Waals surface area contributed by atoms with Gasteiger partial charge in [-0.05, 0) is 42.9 Å². The van der Waals surface area contributed by atoms with Crippen LogP contribution in [0, 0.1) is 0 Å². The van der Waals surface area contributed by atoms with Crippen LogP contribution in [0.4, 0.5) is 0 Å². The summed E-state index contributed by atoms with van der Waals surface area (Å²) in [5.41, 5.74) is 2.32. The van der Waals surface area contributed by atoms with Crippen molar-refractivity contribution < 1.29 is 14.3 Å². The second-order valence-corrected chi connectivity index (χ2v) is 7.29. The number of amides is 1. The largest absolute Gasteiger partial charge is 0.475 e. The van der Waals surface area contributed by atoms with Crippen molar-refractivity contribution in [3.63, 3.8) is 0 Å². The number of pyridine rings is 1. The lowest BCUT2D eigenvalue weighted by molar-refractivity contribution is 0.0955. The van der Waals surface area contributed by atoms with Gasteiger partial charge in [0.25, 0.3) is 5.91 Å². The number of nitrogens with zero attached hydrogens (tertiary/aromatic N) is 1. The van der Waals surface area contributed by atoms with E-state index in [1.165, 1.54) is 29.7 Å². The molecule has 1 amide bonds. The minimum absolute atomic E-state index is 0.00139. The molecule has 0 saturated heterocycles. The highest BCUT2D eigenvalue weighted by Crippen LogP contribution is 2.28. The van der Waals surface area contributed by atoms with Gasteiger partial charge >= 0.3 is 0 Å². The van der Waals surface area contributed by atoms with Crippen LogP contribution >= 0.6 is 11.3 Å². The zero-order valence-corrected chi connectivity index (χ0v) is 15.4. The molecule has 0 atom stereocenters. The number of nitrogens with one attached hydrogen (secondary N) is 1. The number of hydrogen-bond acceptors (Lipinski definition) is 5. The van der Waals surface area contributed by atoms with E-state index in [4.69, 9.17) is 9.47 Å². The summed E-state index contributed by atoms with van der Waals surface area (Å²) in [5.74, 6) is 0.563. The van der Waals surface area contributed by atoms with Gasteiger partial charge in [0, 0.05) is 30.8 Å². The van der Waals surface area contributed by atoms with Crippen molar-refractivity contribution in [2.24, 2.45) is 0 Å². The molecule has 1 aliphatic carbocycles. The van der Waals surface area contributed by atoms with E-state index in [1.54, 1.807) is 24.6 Å². The van der Waals surface area contributed by atoms with Gasteiger partial charge in [0.2, 0.25) is 5.88 Å². The molecule has 0 fully saturated rings. The van der Waals surface area contributed by atoms with Crippen LogP contribution in [-0.2, 0) is 24.1 Å². The molecule has 6 heteroatoms. The van der Waals surface area contributed by atoms with E-state index in [0.29, 0.717) is 25.6 Å². The molecule has 0 spiro atoms. The molecule has 0 radical (unpaired) electrons. The van der Waals surface area contributed by atoms with Gasteiger partial charge < -0.3 is 14.8 Å². The smallest absolute Gasteiger partial charge is 0.261 e. The first-order valence-electron chi connectivity index (χ1n) is 8.72. The van der Waals surface area contributed by atoms with Crippen LogP contribution in [0.1, 0.15) is 44.9 Å². The minimum Gasteiger partial charge on any atom is -0.475 e. The summed E-state index contributed by atoms with van der Waals surface area (Å²) in [5, 5.41) is 2.98. The maximum Gasteiger partial charge on any atom is 0.261 e. The lowest BCUT2D eigenvalue weighted by atomic mass is 10.1. The molecule has 5 nitrogen and oxygen atoms in total. The Balaban J connectivity index is 1.52. The zero-order valence-electron chi connectivity index (χ0n) is 14.5. The predicted molar refractivity (Wildman–Crippen MR) is 98.4 cm³/mol. The molecule has 1 aliphatic rings. The average molecular weight is 360 g/mol. The first-order chi connectivity index (χ1) is 12.3. The normalized spacial score (nSPS) is 13.8. The van der Waals surface area contributed by atoms with Crippen molar-refractivity contribution in [2.45, 2.75) is 38.6 Å². The van der Waals surface area contributed by atoms with Gasteiger partial charge in [0.15, 0.2) is 0 Å². The maximum atomic E-state index is 12.4. The molecule has 0 saturated carbocycles. The zero-order chi connectivity index (χ0) is 17.5. The molecule has 25 heavy (non-hydrogen) atoms. The number of aromatic nitrogens is 1. The summed E-state index contributed by atoms with van der Waals surface area (Å²) in [6.45, 7) is 1.47. The summed E-state index contributed by atoms with van der Waals surface area (Å²) in [7, 11) is 1.63. The Labute approximate surface area is 152 Å². The molecule has 2 aromatic rings. The molecule has 2 heterocycles. The van der Waals surface area contributed by atoms with E-state index in [-0.39, 0.29) is 5.91 Å². The molecular weight excluding hydrogens is 336 g/mol. The topological polar surface area (TPSA) is 60.5 Å². The number of fused-ring (bicyclic) bond motifs is 1. The quantitative estimate of drug-likeness (QED) is 0.607. The van der Waals surface area contributed by atoms with E-state index in [9.17, 15) is 4.79 Å². The number of carbonyl (C=O) groups is 1. The van der Waals surface area contributed by atoms with Crippen LogP contribution in [0.3, 0.4) is 0 Å². The Hall–Kier alpha value is -1.92. The number of aryl methyl sites for hydroxylation is 2. The van der Waals surface area contributed by atoms with Gasteiger partial charge in [-0.1, -0.05) is 12.5 Å². The molecule has 0 aliphatic heterocycles. The van der Waals surface area contributed by atoms with E-state index in [2.05, 4.69) is 16.4 Å². The van der Waals surface area contributed by atoms with E-state index < -0.39 is 0 Å². The van der Waals surface area contributed by atoms with Gasteiger partial charge in [-0.2, -0.15) is 0 Å². The lowest BCUT2D eigenvalue weighted by Gasteiger charge is -2.06. The first kappa shape index (κ1) is 17.9. The molecule has 1 N–H and O–H groups in total. The third kappa shape index (κ3) is 5.03. The number of ether oxygens (including phenoxy) is 2. The summed E-state index contributed by atoms with van der Waals surface area (Å²) in [4.78, 5) is 18.9. The summed E-state index contributed by atoms with van der Waals surface area (Å²) in [6.07, 6.45) is 7.71. The van der Waals surface area contributed by atoms with Gasteiger partial charge in [-0.25, -0.2) is 4.98 Å². The second kappa shape index (κ2) is 8.97. The summed E-state index contributed by atoms with van der Waals surface area (Å²) >= 11 is 1.65. The standard InChI is InChI=1S/C19H24N2O3S/c1-23-9-10-24-18-8-7-14(12-20-18)13-21-19(22)17-11-15-5-3-2-4-6-16(15)25-17/h7-8,11-12H,2-6,9-10,13H2,1H3,(H,21,22). The Kier molecular flexibility index (Phi) is 6.42. The molecule has 0 bridgehead atoms. The fraction of sp³-hybridized carbons (Fsp3) is 0.474. The monoisotopic (exact) mass is 360 g/mol. The SMILES string of the molecule is COCCOc1ccc(CNC(=O)c2cc3c(s2)CCCCC3)cn1. The van der Waals surface area contributed by atoms with Crippen LogP contribution in [-0.4, -0.2) is 31.2 Å². The fourth-order valence-corrected chi connectivity index (χ4v) is 4.05. The summed E-state index contributed by atoms with van der Waals surface area (Å²) in [6, 6.07) is 5.80. The minimum atomic E-state index is -0.00139. The maximum absolute atomic E-state index is 12.4. The molecule has 0 unspecified atom stereocenters. The van der Waals surface area contributed by atoms with Crippen molar-refractivity contribution in [2.75, 3.05) is 20.3 Å². The van der Waals surface area contributed by atoms with E-state index in [0.717, 1.165) is 23.3 Å². The number of thiophene rings is 1. The predicted octanol–water partition coefficient (Wildman–Crippen LogP) is 3.37. The third-order valence-corrected chi connectivity index (χ3v) is 5.49. The Morgan fingerprint density at radius 2 is 2.12 bits per heavy atom. The van der Waals surface area contributed by atoms with Crippen LogP contribution in [0.25, 0.3) is 0 Å². The van der Waals surface area contributed by atoms with E-state index >= 15 is 0 Å². The van der Waals surface area contributed by atoms with Crippen molar-refractivity contribution in [3.8, 4) is 5.88 Å². The molecule has 3 rings (SSSR count). The van der Waals surface area contributed by atoms with Crippen LogP contribution in [0.5, 0.6) is 5.88 Å². The first-order valence-corrected chi connectivity index (χ1v) is 9.54. The fourth-order valence-electron chi connectivity index (χ4n) is 2.88. The lowest BCUT2D eigenvalue weighted by Crippen LogP contribution is -2.21. The Morgan fingerprint density at radius 3 is 2.92 bits per heavy atom. The van der Waals surface area contributed by atoms with E-state index in [1.807, 2.05) is 12.1 Å². The van der Waals surface area contributed by atoms with Crippen LogP contribution < -0.4 is 10.1 Å². The van der Waals surface area contributed by atoms with Crippen molar-refractivity contribution in [1.82, 2.24) is 10.3 Å². The summed E-state index contributed by atoms with van der Waals surface area (Å²) < 4.78 is 10.4. The number of rotatable bonds is 7. The average Bonchev–Trinajstić information content (AvgIpc) is 2.92. The highest BCUT2D eigenvalue weighted by atomic mass is 32.1. The van der Waals surface area contributed by atoms with Gasteiger partial charge in [-0.15, -0.1) is 11.3 Å². The highest BCUT2D eigenvalue weighted by molar-refractivity contribution is 7.14. The number of carbonyl (C=O) groups excluding carboxylic acids is 1. The van der Waals surface area contributed by atoms with Crippen LogP contribution in [0.15, 0.2) is 24.4 Å². The molecule has 0 aromatic carbocycles. The molecular formula is C19H24N2O3S. The van der Waals surface area contributed by atoms with Crippen molar-refractivity contribution in [1.29, 1.82) is 0 Å². The third-order valence-electron chi connectivity index (χ3n) is 4.26.